The summed E-state index contributed by atoms with van der Waals surface area (Å²) in [5, 5.41) is 20.9. The molecule has 0 atom stereocenters. The molecule has 0 saturated heterocycles. The fourth-order valence-electron chi connectivity index (χ4n) is 1.79. The highest BCUT2D eigenvalue weighted by atomic mass is 16.3. The third-order valence-electron chi connectivity index (χ3n) is 2.82. The van der Waals surface area contributed by atoms with E-state index >= 15 is 0 Å². The maximum Gasteiger partial charge on any atom is 0.202 e. The van der Waals surface area contributed by atoms with Crippen LogP contribution in [-0.4, -0.2) is 34.9 Å². The van der Waals surface area contributed by atoms with E-state index in [1.54, 1.807) is 30.3 Å². The van der Waals surface area contributed by atoms with E-state index in [9.17, 15) is 9.90 Å². The van der Waals surface area contributed by atoms with Crippen LogP contribution in [0.3, 0.4) is 0 Å². The van der Waals surface area contributed by atoms with Crippen LogP contribution in [0.25, 0.3) is 0 Å². The average Bonchev–Trinajstić information content (AvgIpc) is 2.43. The number of ketones is 1. The topological polar surface area (TPSA) is 81.9 Å². The van der Waals surface area contributed by atoms with E-state index in [2.05, 4.69) is 10.3 Å². The maximum atomic E-state index is 11.8. The summed E-state index contributed by atoms with van der Waals surface area (Å²) in [6.45, 7) is 2.09. The van der Waals surface area contributed by atoms with Crippen LogP contribution in [0.1, 0.15) is 6.92 Å². The van der Waals surface area contributed by atoms with E-state index in [1.165, 1.54) is 6.08 Å². The molecule has 5 nitrogen and oxygen atoms in total. The highest BCUT2D eigenvalue weighted by Gasteiger charge is 2.15. The van der Waals surface area contributed by atoms with E-state index in [4.69, 9.17) is 5.11 Å². The van der Waals surface area contributed by atoms with Crippen LogP contribution < -0.4 is 5.32 Å². The Morgan fingerprint density at radius 2 is 1.90 bits per heavy atom. The molecule has 0 heterocycles. The summed E-state index contributed by atoms with van der Waals surface area (Å²) >= 11 is 0. The number of carbonyl (C=O) groups is 1. The number of aromatic hydroxyl groups is 1. The van der Waals surface area contributed by atoms with Gasteiger partial charge in [0.05, 0.1) is 23.7 Å². The first-order chi connectivity index (χ1) is 9.60. The van der Waals surface area contributed by atoms with Gasteiger partial charge in [-0.2, -0.15) is 0 Å². The number of benzene rings is 1. The summed E-state index contributed by atoms with van der Waals surface area (Å²) in [6.07, 6.45) is 3.18. The molecular formula is C15H16N2O3. The van der Waals surface area contributed by atoms with Gasteiger partial charge in [0.15, 0.2) is 0 Å². The molecule has 0 aromatic heterocycles. The van der Waals surface area contributed by atoms with Crippen molar-refractivity contribution in [1.29, 1.82) is 0 Å². The molecule has 104 valence electrons. The van der Waals surface area contributed by atoms with Crippen LogP contribution in [0.5, 0.6) is 5.75 Å². The van der Waals surface area contributed by atoms with Crippen LogP contribution in [0.2, 0.25) is 0 Å². The number of carbonyl (C=O) groups excluding carboxylic acids is 1. The Hall–Kier alpha value is -2.40. The second-order valence-electron chi connectivity index (χ2n) is 4.41. The van der Waals surface area contributed by atoms with Crippen LogP contribution in [0, 0.1) is 0 Å². The molecule has 0 unspecified atom stereocenters. The lowest BCUT2D eigenvalue weighted by atomic mass is 10.0. The molecule has 2 rings (SSSR count). The largest absolute Gasteiger partial charge is 0.508 e. The molecule has 0 saturated carbocycles. The van der Waals surface area contributed by atoms with Crippen molar-refractivity contribution in [2.24, 2.45) is 4.99 Å². The fourth-order valence-corrected chi connectivity index (χ4v) is 1.79. The minimum absolute atomic E-state index is 0.0439. The van der Waals surface area contributed by atoms with Crippen LogP contribution >= 0.6 is 0 Å². The first-order valence-corrected chi connectivity index (χ1v) is 6.27. The summed E-state index contributed by atoms with van der Waals surface area (Å²) < 4.78 is 0. The van der Waals surface area contributed by atoms with Crippen molar-refractivity contribution >= 4 is 17.2 Å². The van der Waals surface area contributed by atoms with Crippen molar-refractivity contribution < 1.29 is 15.0 Å². The molecule has 1 aromatic rings. The lowest BCUT2D eigenvalue weighted by molar-refractivity contribution is -0.111. The molecule has 1 aromatic carbocycles. The SMILES string of the molecule is CC1=CC(=O)C(NCCO)=CC1=Nc1ccc(O)cc1. The number of nitrogens with one attached hydrogen (secondary N) is 1. The third-order valence-corrected chi connectivity index (χ3v) is 2.82. The molecule has 0 spiro atoms. The number of aliphatic imine (C=N–C) groups is 1. The molecule has 3 N–H and O–H groups in total. The van der Waals surface area contributed by atoms with E-state index in [0.717, 1.165) is 5.57 Å². The Morgan fingerprint density at radius 3 is 2.55 bits per heavy atom. The Balaban J connectivity index is 2.28. The predicted molar refractivity (Wildman–Crippen MR) is 77.1 cm³/mol. The van der Waals surface area contributed by atoms with Gasteiger partial charge in [0.2, 0.25) is 5.78 Å². The van der Waals surface area contributed by atoms with Crippen molar-refractivity contribution in [2.75, 3.05) is 13.2 Å². The number of nitrogens with zero attached hydrogens (tertiary/aromatic N) is 1. The molecule has 1 aliphatic rings. The summed E-state index contributed by atoms with van der Waals surface area (Å²) in [7, 11) is 0. The van der Waals surface area contributed by atoms with Gasteiger partial charge in [-0.3, -0.25) is 4.79 Å². The Bertz CT molecular complexity index is 598. The molecule has 5 heteroatoms. The van der Waals surface area contributed by atoms with Crippen molar-refractivity contribution in [3.8, 4) is 5.75 Å². The lowest BCUT2D eigenvalue weighted by Crippen LogP contribution is -2.26. The summed E-state index contributed by atoms with van der Waals surface area (Å²) in [4.78, 5) is 16.2. The van der Waals surface area contributed by atoms with E-state index in [0.29, 0.717) is 23.6 Å². The first-order valence-electron chi connectivity index (χ1n) is 6.27. The predicted octanol–water partition coefficient (Wildman–Crippen LogP) is 1.46. The fraction of sp³-hybridized carbons (Fsp3) is 0.200. The standard InChI is InChI=1S/C15H16N2O3/c1-10-8-15(20)14(16-6-7-18)9-13(10)17-11-2-4-12(19)5-3-11/h2-5,8-9,16,18-19H,6-7H2,1H3. The smallest absolute Gasteiger partial charge is 0.202 e. The maximum absolute atomic E-state index is 11.8. The van der Waals surface area contributed by atoms with Crippen LogP contribution in [-0.2, 0) is 4.79 Å². The van der Waals surface area contributed by atoms with Gasteiger partial charge >= 0.3 is 0 Å². The lowest BCUT2D eigenvalue weighted by Gasteiger charge is -2.14. The number of hydrogen-bond donors (Lipinski definition) is 3. The molecule has 0 fully saturated rings. The number of allylic oxidation sites excluding steroid dienone is 3. The Labute approximate surface area is 117 Å². The first kappa shape index (κ1) is 14.0. The number of aliphatic hydroxyl groups excluding tert-OH is 1. The summed E-state index contributed by atoms with van der Waals surface area (Å²) in [6, 6.07) is 6.50. The van der Waals surface area contributed by atoms with Gasteiger partial charge < -0.3 is 15.5 Å². The molecule has 0 bridgehead atoms. The highest BCUT2D eigenvalue weighted by molar-refractivity contribution is 6.22. The molecule has 0 aliphatic heterocycles. The number of hydrogen-bond acceptors (Lipinski definition) is 5. The Kier molecular flexibility index (Phi) is 4.32. The zero-order valence-electron chi connectivity index (χ0n) is 11.1. The minimum Gasteiger partial charge on any atom is -0.508 e. The van der Waals surface area contributed by atoms with Crippen molar-refractivity contribution in [3.63, 3.8) is 0 Å². The minimum atomic E-state index is -0.124. The third kappa shape index (κ3) is 3.33. The van der Waals surface area contributed by atoms with Gasteiger partial charge in [-0.15, -0.1) is 0 Å². The van der Waals surface area contributed by atoms with Crippen LogP contribution in [0.15, 0.2) is 52.7 Å². The summed E-state index contributed by atoms with van der Waals surface area (Å²) in [5.74, 6) is 0.0569. The molecule has 20 heavy (non-hydrogen) atoms. The zero-order chi connectivity index (χ0) is 14.5. The van der Waals surface area contributed by atoms with Crippen molar-refractivity contribution in [1.82, 2.24) is 5.32 Å². The number of phenolic OH excluding ortho intramolecular Hbond substituents is 1. The van der Waals surface area contributed by atoms with Gasteiger partial charge in [-0.1, -0.05) is 0 Å². The monoisotopic (exact) mass is 272 g/mol. The summed E-state index contributed by atoms with van der Waals surface area (Å²) in [5.41, 5.74) is 2.56. The molecule has 0 radical (unpaired) electrons. The number of aliphatic hydroxyl groups is 1. The van der Waals surface area contributed by atoms with E-state index in [1.807, 2.05) is 6.92 Å². The van der Waals surface area contributed by atoms with Crippen molar-refractivity contribution in [3.05, 3.63) is 47.7 Å². The second-order valence-corrected chi connectivity index (χ2v) is 4.41. The van der Waals surface area contributed by atoms with Gasteiger partial charge in [-0.05, 0) is 48.9 Å². The number of rotatable bonds is 4. The number of phenols is 1. The van der Waals surface area contributed by atoms with E-state index < -0.39 is 0 Å². The quantitative estimate of drug-likeness (QED) is 0.725. The zero-order valence-corrected chi connectivity index (χ0v) is 11.1. The van der Waals surface area contributed by atoms with Gasteiger partial charge in [0.25, 0.3) is 0 Å². The molecule has 0 amide bonds. The molecular weight excluding hydrogens is 256 g/mol. The molecule has 1 aliphatic carbocycles. The highest BCUT2D eigenvalue weighted by Crippen LogP contribution is 2.20. The van der Waals surface area contributed by atoms with Gasteiger partial charge in [-0.25, -0.2) is 4.99 Å². The Morgan fingerprint density at radius 1 is 1.20 bits per heavy atom. The van der Waals surface area contributed by atoms with Crippen molar-refractivity contribution in [2.45, 2.75) is 6.92 Å². The second kappa shape index (κ2) is 6.16. The van der Waals surface area contributed by atoms with Crippen LogP contribution in [0.4, 0.5) is 5.69 Å². The normalized spacial score (nSPS) is 16.9. The van der Waals surface area contributed by atoms with E-state index in [-0.39, 0.29) is 18.1 Å². The average molecular weight is 272 g/mol. The van der Waals surface area contributed by atoms with Gasteiger partial charge in [0, 0.05) is 6.54 Å². The van der Waals surface area contributed by atoms with Gasteiger partial charge in [0.1, 0.15) is 5.75 Å².